The van der Waals surface area contributed by atoms with Crippen LogP contribution < -0.4 is 20.5 Å². The van der Waals surface area contributed by atoms with Crippen molar-refractivity contribution in [2.75, 3.05) is 19.5 Å². The fraction of sp³-hybridized carbons (Fsp3) is 0.200. The monoisotopic (exact) mass is 330 g/mol. The van der Waals surface area contributed by atoms with Gasteiger partial charge in [0.15, 0.2) is 5.58 Å². The first-order chi connectivity index (χ1) is 11.6. The highest BCUT2D eigenvalue weighted by atomic mass is 16.5. The molecule has 0 aliphatic heterocycles. The average Bonchev–Trinajstić information content (AvgIpc) is 2.91. The number of fused-ring (bicyclic) bond motifs is 1. The average molecular weight is 330 g/mol. The maximum absolute atomic E-state index is 12.2. The summed E-state index contributed by atoms with van der Waals surface area (Å²) in [6, 6.07) is 6.97. The Kier molecular flexibility index (Phi) is 4.15. The van der Waals surface area contributed by atoms with Crippen LogP contribution in [0.25, 0.3) is 11.1 Å². The molecule has 0 saturated heterocycles. The second kappa shape index (κ2) is 6.41. The number of anilines is 1. The van der Waals surface area contributed by atoms with E-state index in [2.05, 4.69) is 15.3 Å². The molecule has 0 aliphatic rings. The second-order valence-electron chi connectivity index (χ2n) is 4.75. The maximum Gasteiger partial charge on any atom is 0.420 e. The molecular weight excluding hydrogens is 316 g/mol. The first-order valence-electron chi connectivity index (χ1n) is 6.95. The molecule has 0 radical (unpaired) electrons. The van der Waals surface area contributed by atoms with Gasteiger partial charge in [-0.3, -0.25) is 9.36 Å². The predicted molar refractivity (Wildman–Crippen MR) is 84.2 cm³/mol. The third-order valence-electron chi connectivity index (χ3n) is 3.26. The van der Waals surface area contributed by atoms with E-state index in [1.54, 1.807) is 24.3 Å². The van der Waals surface area contributed by atoms with Gasteiger partial charge in [0.1, 0.15) is 12.2 Å². The number of rotatable bonds is 5. The topological polar surface area (TPSA) is 108 Å². The lowest BCUT2D eigenvalue weighted by Gasteiger charge is -2.09. The summed E-state index contributed by atoms with van der Waals surface area (Å²) in [6.07, 6.45) is 1.36. The molecule has 9 nitrogen and oxygen atoms in total. The normalized spacial score (nSPS) is 10.6. The Morgan fingerprint density at radius 1 is 1.29 bits per heavy atom. The van der Waals surface area contributed by atoms with Crippen LogP contribution >= 0.6 is 0 Å². The van der Waals surface area contributed by atoms with E-state index in [1.165, 1.54) is 25.0 Å². The lowest BCUT2D eigenvalue weighted by Crippen LogP contribution is -2.25. The van der Waals surface area contributed by atoms with E-state index in [9.17, 15) is 9.59 Å². The van der Waals surface area contributed by atoms with E-state index in [-0.39, 0.29) is 24.1 Å². The maximum atomic E-state index is 12.2. The number of nitrogens with zero attached hydrogens (tertiary/aromatic N) is 3. The minimum atomic E-state index is -0.607. The molecule has 0 spiro atoms. The molecule has 2 heterocycles. The highest BCUT2D eigenvalue weighted by Crippen LogP contribution is 2.22. The number of ether oxygens (including phenoxy) is 2. The van der Waals surface area contributed by atoms with Crippen LogP contribution in [0.3, 0.4) is 0 Å². The van der Waals surface area contributed by atoms with Gasteiger partial charge in [-0.1, -0.05) is 12.1 Å². The van der Waals surface area contributed by atoms with Crippen LogP contribution in [0.5, 0.6) is 11.9 Å². The minimum absolute atomic E-state index is 0.113. The molecule has 1 amide bonds. The van der Waals surface area contributed by atoms with Crippen LogP contribution in [0, 0.1) is 0 Å². The standard InChI is InChI=1S/C15H14N4O5/c1-22-13-9(7-16-14(18-13)23-2)17-12(20)8-19-10-5-3-4-6-11(10)24-15(19)21/h3-7H,8H2,1-2H3,(H,17,20). The fourth-order valence-electron chi connectivity index (χ4n) is 2.19. The first kappa shape index (κ1) is 15.5. The number of carbonyl (C=O) groups excluding carboxylic acids is 1. The molecule has 3 aromatic rings. The fourth-order valence-corrected chi connectivity index (χ4v) is 2.19. The first-order valence-corrected chi connectivity index (χ1v) is 6.95. The zero-order valence-corrected chi connectivity index (χ0v) is 13.0. The Morgan fingerprint density at radius 2 is 2.08 bits per heavy atom. The molecule has 3 rings (SSSR count). The van der Waals surface area contributed by atoms with Gasteiger partial charge in [0, 0.05) is 0 Å². The van der Waals surface area contributed by atoms with Crippen molar-refractivity contribution in [3.63, 3.8) is 0 Å². The van der Waals surface area contributed by atoms with Gasteiger partial charge in [-0.2, -0.15) is 4.98 Å². The summed E-state index contributed by atoms with van der Waals surface area (Å²) in [6.45, 7) is -0.217. The van der Waals surface area contributed by atoms with Crippen LogP contribution in [-0.2, 0) is 11.3 Å². The van der Waals surface area contributed by atoms with Crippen LogP contribution in [0.15, 0.2) is 39.7 Å². The number of benzene rings is 1. The van der Waals surface area contributed by atoms with Gasteiger partial charge >= 0.3 is 11.8 Å². The summed E-state index contributed by atoms with van der Waals surface area (Å²) in [4.78, 5) is 32.0. The quantitative estimate of drug-likeness (QED) is 0.744. The van der Waals surface area contributed by atoms with Crippen molar-refractivity contribution < 1.29 is 18.7 Å². The van der Waals surface area contributed by atoms with Crippen LogP contribution in [0.4, 0.5) is 5.69 Å². The Bertz CT molecular complexity index is 946. The molecule has 0 fully saturated rings. The van der Waals surface area contributed by atoms with Crippen molar-refractivity contribution in [1.82, 2.24) is 14.5 Å². The summed E-state index contributed by atoms with van der Waals surface area (Å²) in [5.41, 5.74) is 1.22. The number of oxazole rings is 1. The summed E-state index contributed by atoms with van der Waals surface area (Å²) in [5, 5.41) is 2.60. The van der Waals surface area contributed by atoms with Gasteiger partial charge in [0.05, 0.1) is 25.9 Å². The molecule has 0 saturated carbocycles. The Balaban J connectivity index is 1.83. The van der Waals surface area contributed by atoms with E-state index in [0.717, 1.165) is 0 Å². The Labute approximate surface area is 135 Å². The SMILES string of the molecule is COc1ncc(NC(=O)Cn2c(=O)oc3ccccc32)c(OC)n1. The smallest absolute Gasteiger partial charge is 0.420 e. The van der Waals surface area contributed by atoms with Crippen LogP contribution in [-0.4, -0.2) is 34.7 Å². The number of hydrogen-bond donors (Lipinski definition) is 1. The largest absolute Gasteiger partial charge is 0.479 e. The summed E-state index contributed by atoms with van der Waals surface area (Å²) >= 11 is 0. The van der Waals surface area contributed by atoms with Gasteiger partial charge in [-0.15, -0.1) is 0 Å². The van der Waals surface area contributed by atoms with Crippen molar-refractivity contribution >= 4 is 22.7 Å². The molecule has 124 valence electrons. The molecule has 9 heteroatoms. The molecule has 2 aromatic heterocycles. The van der Waals surface area contributed by atoms with Crippen molar-refractivity contribution in [2.24, 2.45) is 0 Å². The predicted octanol–water partition coefficient (Wildman–Crippen LogP) is 1.04. The summed E-state index contributed by atoms with van der Waals surface area (Å²) < 4.78 is 16.3. The number of para-hydroxylation sites is 2. The van der Waals surface area contributed by atoms with E-state index >= 15 is 0 Å². The number of aromatic nitrogens is 3. The lowest BCUT2D eigenvalue weighted by atomic mass is 10.3. The zero-order chi connectivity index (χ0) is 17.1. The van der Waals surface area contributed by atoms with Gasteiger partial charge in [-0.25, -0.2) is 9.78 Å². The molecule has 1 aromatic carbocycles. The highest BCUT2D eigenvalue weighted by Gasteiger charge is 2.15. The van der Waals surface area contributed by atoms with Crippen molar-refractivity contribution in [3.05, 3.63) is 41.0 Å². The zero-order valence-electron chi connectivity index (χ0n) is 13.0. The molecule has 24 heavy (non-hydrogen) atoms. The number of carbonyl (C=O) groups is 1. The second-order valence-corrected chi connectivity index (χ2v) is 4.75. The summed E-state index contributed by atoms with van der Waals surface area (Å²) in [7, 11) is 2.83. The van der Waals surface area contributed by atoms with E-state index < -0.39 is 11.7 Å². The van der Waals surface area contributed by atoms with Gasteiger partial charge in [0.2, 0.25) is 11.8 Å². The molecule has 0 bridgehead atoms. The molecule has 0 aliphatic carbocycles. The Morgan fingerprint density at radius 3 is 2.83 bits per heavy atom. The van der Waals surface area contributed by atoms with E-state index in [1.807, 2.05) is 0 Å². The lowest BCUT2D eigenvalue weighted by molar-refractivity contribution is -0.116. The molecular formula is C15H14N4O5. The van der Waals surface area contributed by atoms with Crippen LogP contribution in [0.1, 0.15) is 0 Å². The number of amides is 1. The molecule has 0 unspecified atom stereocenters. The number of hydrogen-bond acceptors (Lipinski definition) is 7. The number of nitrogens with one attached hydrogen (secondary N) is 1. The van der Waals surface area contributed by atoms with Crippen LogP contribution in [0.2, 0.25) is 0 Å². The highest BCUT2D eigenvalue weighted by molar-refractivity contribution is 5.92. The van der Waals surface area contributed by atoms with Gasteiger partial charge < -0.3 is 19.2 Å². The molecule has 0 atom stereocenters. The molecule has 1 N–H and O–H groups in total. The van der Waals surface area contributed by atoms with Crippen molar-refractivity contribution in [3.8, 4) is 11.9 Å². The van der Waals surface area contributed by atoms with E-state index in [4.69, 9.17) is 13.9 Å². The third-order valence-corrected chi connectivity index (χ3v) is 3.26. The summed E-state index contributed by atoms with van der Waals surface area (Å²) in [5.74, 6) is -0.903. The van der Waals surface area contributed by atoms with Gasteiger partial charge in [-0.05, 0) is 12.1 Å². The van der Waals surface area contributed by atoms with Gasteiger partial charge in [0.25, 0.3) is 0 Å². The van der Waals surface area contributed by atoms with Crippen molar-refractivity contribution in [1.29, 1.82) is 0 Å². The third kappa shape index (κ3) is 2.91. The minimum Gasteiger partial charge on any atom is -0.479 e. The van der Waals surface area contributed by atoms with Crippen molar-refractivity contribution in [2.45, 2.75) is 6.54 Å². The number of methoxy groups -OCH3 is 2. The Hall–Kier alpha value is -3.36. The van der Waals surface area contributed by atoms with E-state index in [0.29, 0.717) is 11.1 Å².